The van der Waals surface area contributed by atoms with Crippen molar-refractivity contribution in [2.75, 3.05) is 6.54 Å². The number of phenols is 2. The Kier molecular flexibility index (Phi) is 15.4. The predicted octanol–water partition coefficient (Wildman–Crippen LogP) is 7.31. The molecule has 0 atom stereocenters. The Bertz CT molecular complexity index is 513. The van der Waals surface area contributed by atoms with Crippen LogP contribution in [0, 0.1) is 0 Å². The fourth-order valence-electron chi connectivity index (χ4n) is 3.57. The van der Waals surface area contributed by atoms with Gasteiger partial charge in [-0.25, -0.2) is 0 Å². The van der Waals surface area contributed by atoms with Gasteiger partial charge in [0.15, 0.2) is 11.5 Å². The first-order valence-corrected chi connectivity index (χ1v) is 11.6. The predicted molar refractivity (Wildman–Crippen MR) is 122 cm³/mol. The van der Waals surface area contributed by atoms with Crippen LogP contribution in [0.3, 0.4) is 0 Å². The van der Waals surface area contributed by atoms with Crippen LogP contribution >= 0.6 is 0 Å². The molecule has 0 unspecified atom stereocenters. The standard InChI is InChI=1S/C25H43NO2/c26-21-17-15-13-11-9-7-5-3-1-2-4-6-8-10-12-14-16-18-23-19-20-24(27)25(28)22-23/h16,18-20,22,27-28H,1-15,17,21,26H2. The zero-order valence-corrected chi connectivity index (χ0v) is 17.9. The number of aromatic hydroxyl groups is 2. The molecule has 0 aliphatic heterocycles. The first-order chi connectivity index (χ1) is 13.7. The van der Waals surface area contributed by atoms with E-state index in [0.29, 0.717) is 0 Å². The van der Waals surface area contributed by atoms with Gasteiger partial charge in [0.25, 0.3) is 0 Å². The molecule has 0 heterocycles. The molecule has 0 bridgehead atoms. The Morgan fingerprint density at radius 2 is 1.07 bits per heavy atom. The Morgan fingerprint density at radius 3 is 1.54 bits per heavy atom. The first-order valence-electron chi connectivity index (χ1n) is 11.6. The van der Waals surface area contributed by atoms with Crippen LogP contribution in [0.4, 0.5) is 0 Å². The Labute approximate surface area is 173 Å². The van der Waals surface area contributed by atoms with Crippen molar-refractivity contribution in [3.05, 3.63) is 29.8 Å². The third-order valence-corrected chi connectivity index (χ3v) is 5.38. The summed E-state index contributed by atoms with van der Waals surface area (Å²) in [6.45, 7) is 0.851. The highest BCUT2D eigenvalue weighted by atomic mass is 16.3. The summed E-state index contributed by atoms with van der Waals surface area (Å²) in [5.74, 6) is -0.119. The molecule has 0 aliphatic carbocycles. The third kappa shape index (κ3) is 13.7. The Hall–Kier alpha value is -1.48. The highest BCUT2D eigenvalue weighted by molar-refractivity contribution is 5.54. The van der Waals surface area contributed by atoms with Crippen LogP contribution < -0.4 is 5.73 Å². The fourth-order valence-corrected chi connectivity index (χ4v) is 3.57. The fraction of sp³-hybridized carbons (Fsp3) is 0.680. The molecule has 4 N–H and O–H groups in total. The van der Waals surface area contributed by atoms with E-state index in [1.54, 1.807) is 6.07 Å². The number of hydrogen-bond acceptors (Lipinski definition) is 3. The minimum Gasteiger partial charge on any atom is -0.504 e. The minimum absolute atomic E-state index is 0.0551. The molecule has 1 aromatic rings. The van der Waals surface area contributed by atoms with Gasteiger partial charge < -0.3 is 15.9 Å². The van der Waals surface area contributed by atoms with Gasteiger partial charge in [-0.15, -0.1) is 0 Å². The smallest absolute Gasteiger partial charge is 0.157 e. The van der Waals surface area contributed by atoms with Gasteiger partial charge in [0, 0.05) is 0 Å². The number of unbranched alkanes of at least 4 members (excludes halogenated alkanes) is 15. The van der Waals surface area contributed by atoms with E-state index < -0.39 is 0 Å². The summed E-state index contributed by atoms with van der Waals surface area (Å²) in [6, 6.07) is 4.93. The van der Waals surface area contributed by atoms with Crippen molar-refractivity contribution in [2.24, 2.45) is 5.73 Å². The topological polar surface area (TPSA) is 66.5 Å². The maximum absolute atomic E-state index is 9.46. The maximum Gasteiger partial charge on any atom is 0.157 e. The minimum atomic E-state index is -0.0637. The average molecular weight is 390 g/mol. The Morgan fingerprint density at radius 1 is 0.607 bits per heavy atom. The van der Waals surface area contributed by atoms with Gasteiger partial charge in [-0.2, -0.15) is 0 Å². The molecule has 3 nitrogen and oxygen atoms in total. The molecule has 0 fully saturated rings. The first kappa shape index (κ1) is 24.6. The van der Waals surface area contributed by atoms with Crippen molar-refractivity contribution < 1.29 is 10.2 Å². The molecule has 0 spiro atoms. The van der Waals surface area contributed by atoms with Crippen molar-refractivity contribution in [1.82, 2.24) is 0 Å². The lowest BCUT2D eigenvalue weighted by Crippen LogP contribution is -1.97. The van der Waals surface area contributed by atoms with Crippen molar-refractivity contribution in [3.8, 4) is 11.5 Å². The van der Waals surface area contributed by atoms with Gasteiger partial charge in [0.1, 0.15) is 0 Å². The monoisotopic (exact) mass is 389 g/mol. The van der Waals surface area contributed by atoms with Gasteiger partial charge in [0.05, 0.1) is 0 Å². The van der Waals surface area contributed by atoms with E-state index in [1.807, 2.05) is 12.1 Å². The van der Waals surface area contributed by atoms with E-state index >= 15 is 0 Å². The summed E-state index contributed by atoms with van der Waals surface area (Å²) in [6.07, 6.45) is 25.6. The highest BCUT2D eigenvalue weighted by Gasteiger charge is 1.97. The summed E-state index contributed by atoms with van der Waals surface area (Å²) in [4.78, 5) is 0. The number of hydrogen-bond donors (Lipinski definition) is 3. The lowest BCUT2D eigenvalue weighted by Gasteiger charge is -2.03. The molecule has 0 saturated heterocycles. The summed E-state index contributed by atoms with van der Waals surface area (Å²) in [5.41, 5.74) is 6.44. The molecule has 0 saturated carbocycles. The van der Waals surface area contributed by atoms with E-state index in [2.05, 4.69) is 6.08 Å². The van der Waals surface area contributed by atoms with E-state index in [0.717, 1.165) is 18.5 Å². The summed E-state index contributed by atoms with van der Waals surface area (Å²) in [5, 5.41) is 18.8. The van der Waals surface area contributed by atoms with Crippen molar-refractivity contribution in [2.45, 2.75) is 103 Å². The summed E-state index contributed by atoms with van der Waals surface area (Å²) >= 11 is 0. The van der Waals surface area contributed by atoms with E-state index in [1.165, 1.54) is 102 Å². The summed E-state index contributed by atoms with van der Waals surface area (Å²) < 4.78 is 0. The average Bonchev–Trinajstić information content (AvgIpc) is 2.69. The SMILES string of the molecule is NCCCCCCCCCCCCCCCCCC=Cc1ccc(O)c(O)c1. The Balaban J connectivity index is 1.80. The maximum atomic E-state index is 9.46. The molecular formula is C25H43NO2. The summed E-state index contributed by atoms with van der Waals surface area (Å²) in [7, 11) is 0. The zero-order chi connectivity index (χ0) is 20.3. The second-order valence-corrected chi connectivity index (χ2v) is 8.03. The van der Waals surface area contributed by atoms with Gasteiger partial charge in [0.2, 0.25) is 0 Å². The molecule has 1 rings (SSSR count). The molecular weight excluding hydrogens is 346 g/mol. The van der Waals surface area contributed by atoms with Crippen LogP contribution in [0.1, 0.15) is 108 Å². The number of phenolic OH excluding ortho intramolecular Hbond substituents is 2. The number of allylic oxidation sites excluding steroid dienone is 1. The van der Waals surface area contributed by atoms with Gasteiger partial charge in [-0.05, 0) is 43.5 Å². The van der Waals surface area contributed by atoms with E-state index in [4.69, 9.17) is 5.73 Å². The lowest BCUT2D eigenvalue weighted by molar-refractivity contribution is 0.403. The second kappa shape index (κ2) is 17.6. The van der Waals surface area contributed by atoms with Gasteiger partial charge in [-0.1, -0.05) is 102 Å². The molecule has 3 heteroatoms. The van der Waals surface area contributed by atoms with Crippen LogP contribution in [0.5, 0.6) is 11.5 Å². The van der Waals surface area contributed by atoms with E-state index in [-0.39, 0.29) is 11.5 Å². The lowest BCUT2D eigenvalue weighted by atomic mass is 10.0. The molecule has 160 valence electrons. The van der Waals surface area contributed by atoms with Crippen molar-refractivity contribution in [1.29, 1.82) is 0 Å². The van der Waals surface area contributed by atoms with Crippen molar-refractivity contribution in [3.63, 3.8) is 0 Å². The molecule has 0 amide bonds. The van der Waals surface area contributed by atoms with Gasteiger partial charge >= 0.3 is 0 Å². The molecule has 0 radical (unpaired) electrons. The van der Waals surface area contributed by atoms with Crippen LogP contribution in [-0.2, 0) is 0 Å². The molecule has 0 aliphatic rings. The molecule has 28 heavy (non-hydrogen) atoms. The van der Waals surface area contributed by atoms with Crippen LogP contribution in [0.25, 0.3) is 6.08 Å². The van der Waals surface area contributed by atoms with Crippen LogP contribution in [0.15, 0.2) is 24.3 Å². The van der Waals surface area contributed by atoms with Crippen LogP contribution in [0.2, 0.25) is 0 Å². The van der Waals surface area contributed by atoms with Gasteiger partial charge in [-0.3, -0.25) is 0 Å². The second-order valence-electron chi connectivity index (χ2n) is 8.03. The number of benzene rings is 1. The quantitative estimate of drug-likeness (QED) is 0.182. The largest absolute Gasteiger partial charge is 0.504 e. The van der Waals surface area contributed by atoms with E-state index in [9.17, 15) is 10.2 Å². The molecule has 1 aromatic carbocycles. The van der Waals surface area contributed by atoms with Crippen LogP contribution in [-0.4, -0.2) is 16.8 Å². The number of nitrogens with two attached hydrogens (primary N) is 1. The van der Waals surface area contributed by atoms with Crippen molar-refractivity contribution >= 4 is 6.08 Å². The zero-order valence-electron chi connectivity index (χ0n) is 17.9. The molecule has 0 aromatic heterocycles. The highest BCUT2D eigenvalue weighted by Crippen LogP contribution is 2.25. The normalized spacial score (nSPS) is 11.5. The number of rotatable bonds is 18. The third-order valence-electron chi connectivity index (χ3n) is 5.38.